The van der Waals surface area contributed by atoms with Crippen molar-refractivity contribution in [2.45, 2.75) is 13.0 Å². The number of hydrogen-bond acceptors (Lipinski definition) is 3. The summed E-state index contributed by atoms with van der Waals surface area (Å²) in [6.45, 7) is 1.77. The lowest BCUT2D eigenvalue weighted by Gasteiger charge is -2.06. The summed E-state index contributed by atoms with van der Waals surface area (Å²) in [7, 11) is 0. The van der Waals surface area contributed by atoms with Crippen molar-refractivity contribution in [1.29, 1.82) is 0 Å². The highest BCUT2D eigenvalue weighted by atomic mass is 19.1. The Morgan fingerprint density at radius 1 is 1.44 bits per heavy atom. The van der Waals surface area contributed by atoms with Gasteiger partial charge in [-0.15, -0.1) is 0 Å². The molecule has 5 heteroatoms. The smallest absolute Gasteiger partial charge is 0.248 e. The van der Waals surface area contributed by atoms with E-state index in [0.717, 1.165) is 19.0 Å². The number of hydrogen-bond donors (Lipinski definition) is 3. The molecule has 0 aliphatic rings. The van der Waals surface area contributed by atoms with Crippen molar-refractivity contribution in [3.05, 3.63) is 35.1 Å². The second-order valence-electron chi connectivity index (χ2n) is 3.49. The number of amides is 1. The Balaban J connectivity index is 2.57. The molecule has 0 spiro atoms. The zero-order valence-corrected chi connectivity index (χ0v) is 9.00. The average molecular weight is 225 g/mol. The number of benzene rings is 1. The Kier molecular flexibility index (Phi) is 4.88. The minimum atomic E-state index is -0.624. The molecule has 0 saturated carbocycles. The molecule has 88 valence electrons. The number of carbonyl (C=O) groups excluding carboxylic acids is 1. The SMILES string of the molecule is NCCCNCc1ccc(C(N)=O)cc1F. The number of nitrogens with two attached hydrogens (primary N) is 2. The summed E-state index contributed by atoms with van der Waals surface area (Å²) >= 11 is 0. The fourth-order valence-corrected chi connectivity index (χ4v) is 1.29. The molecule has 1 aromatic rings. The molecule has 1 aromatic carbocycles. The Hall–Kier alpha value is -1.46. The number of carbonyl (C=O) groups is 1. The summed E-state index contributed by atoms with van der Waals surface area (Å²) in [4.78, 5) is 10.8. The Morgan fingerprint density at radius 3 is 2.75 bits per heavy atom. The summed E-state index contributed by atoms with van der Waals surface area (Å²) in [6, 6.07) is 4.23. The molecule has 0 aliphatic heterocycles. The number of nitrogens with one attached hydrogen (secondary N) is 1. The molecule has 1 amide bonds. The summed E-state index contributed by atoms with van der Waals surface area (Å²) in [5.74, 6) is -1.04. The predicted octanol–water partition coefficient (Wildman–Crippen LogP) is 0.363. The fourth-order valence-electron chi connectivity index (χ4n) is 1.29. The van der Waals surface area contributed by atoms with Gasteiger partial charge in [0.1, 0.15) is 5.82 Å². The number of primary amides is 1. The quantitative estimate of drug-likeness (QED) is 0.611. The first-order valence-electron chi connectivity index (χ1n) is 5.14. The van der Waals surface area contributed by atoms with E-state index in [-0.39, 0.29) is 5.56 Å². The Morgan fingerprint density at radius 2 is 2.19 bits per heavy atom. The number of halogens is 1. The molecule has 5 N–H and O–H groups in total. The lowest BCUT2D eigenvalue weighted by molar-refractivity contribution is 0.1000. The van der Waals surface area contributed by atoms with Gasteiger partial charge in [-0.2, -0.15) is 0 Å². The topological polar surface area (TPSA) is 81.1 Å². The van der Waals surface area contributed by atoms with Gasteiger partial charge in [0, 0.05) is 17.7 Å². The third-order valence-electron chi connectivity index (χ3n) is 2.21. The lowest BCUT2D eigenvalue weighted by Crippen LogP contribution is -2.19. The Labute approximate surface area is 93.8 Å². The van der Waals surface area contributed by atoms with Gasteiger partial charge in [-0.3, -0.25) is 4.79 Å². The Bertz CT molecular complexity index is 368. The highest BCUT2D eigenvalue weighted by Gasteiger charge is 2.06. The van der Waals surface area contributed by atoms with Crippen molar-refractivity contribution < 1.29 is 9.18 Å². The van der Waals surface area contributed by atoms with Gasteiger partial charge in [0.05, 0.1) is 0 Å². The summed E-state index contributed by atoms with van der Waals surface area (Å²) in [5.41, 5.74) is 11.1. The fraction of sp³-hybridized carbons (Fsp3) is 0.364. The maximum absolute atomic E-state index is 13.4. The second-order valence-corrected chi connectivity index (χ2v) is 3.49. The largest absolute Gasteiger partial charge is 0.366 e. The van der Waals surface area contributed by atoms with Crippen LogP contribution in [0.3, 0.4) is 0 Å². The zero-order valence-electron chi connectivity index (χ0n) is 9.00. The highest BCUT2D eigenvalue weighted by molar-refractivity contribution is 5.92. The lowest BCUT2D eigenvalue weighted by atomic mass is 10.1. The van der Waals surface area contributed by atoms with E-state index in [9.17, 15) is 9.18 Å². The molecular weight excluding hydrogens is 209 g/mol. The van der Waals surface area contributed by atoms with Gasteiger partial charge in [-0.25, -0.2) is 4.39 Å². The average Bonchev–Trinajstić information content (AvgIpc) is 2.26. The van der Waals surface area contributed by atoms with Crippen LogP contribution in [0.25, 0.3) is 0 Å². The number of rotatable bonds is 6. The van der Waals surface area contributed by atoms with E-state index in [1.807, 2.05) is 0 Å². The van der Waals surface area contributed by atoms with E-state index < -0.39 is 11.7 Å². The van der Waals surface area contributed by atoms with Crippen LogP contribution in [0.1, 0.15) is 22.3 Å². The first kappa shape index (κ1) is 12.6. The zero-order chi connectivity index (χ0) is 12.0. The molecule has 0 radical (unpaired) electrons. The van der Waals surface area contributed by atoms with Crippen molar-refractivity contribution in [2.75, 3.05) is 13.1 Å². The van der Waals surface area contributed by atoms with E-state index >= 15 is 0 Å². The van der Waals surface area contributed by atoms with E-state index in [2.05, 4.69) is 5.32 Å². The van der Waals surface area contributed by atoms with Crippen LogP contribution in [0.5, 0.6) is 0 Å². The highest BCUT2D eigenvalue weighted by Crippen LogP contribution is 2.09. The van der Waals surface area contributed by atoms with Gasteiger partial charge in [0.2, 0.25) is 5.91 Å². The molecule has 0 fully saturated rings. The van der Waals surface area contributed by atoms with Gasteiger partial charge in [-0.05, 0) is 31.6 Å². The van der Waals surface area contributed by atoms with Crippen LogP contribution < -0.4 is 16.8 Å². The van der Waals surface area contributed by atoms with Crippen LogP contribution in [0, 0.1) is 5.82 Å². The first-order chi connectivity index (χ1) is 7.65. The second kappa shape index (κ2) is 6.19. The van der Waals surface area contributed by atoms with Gasteiger partial charge in [0.25, 0.3) is 0 Å². The van der Waals surface area contributed by atoms with E-state index in [4.69, 9.17) is 11.5 Å². The van der Waals surface area contributed by atoms with E-state index in [1.165, 1.54) is 6.07 Å². The van der Waals surface area contributed by atoms with E-state index in [1.54, 1.807) is 6.07 Å². The minimum Gasteiger partial charge on any atom is -0.366 e. The molecule has 0 bridgehead atoms. The van der Waals surface area contributed by atoms with Gasteiger partial charge >= 0.3 is 0 Å². The minimum absolute atomic E-state index is 0.184. The van der Waals surface area contributed by atoms with Crippen molar-refractivity contribution in [2.24, 2.45) is 11.5 Å². The molecule has 0 aromatic heterocycles. The van der Waals surface area contributed by atoms with Crippen molar-refractivity contribution >= 4 is 5.91 Å². The maximum atomic E-state index is 13.4. The maximum Gasteiger partial charge on any atom is 0.248 e. The molecule has 16 heavy (non-hydrogen) atoms. The summed E-state index contributed by atoms with van der Waals surface area (Å²) in [5, 5.41) is 3.06. The van der Waals surface area contributed by atoms with Crippen LogP contribution in [0.2, 0.25) is 0 Å². The van der Waals surface area contributed by atoms with Crippen LogP contribution in [0.4, 0.5) is 4.39 Å². The standard InChI is InChI=1S/C11H16FN3O/c12-10-6-8(11(14)16)2-3-9(10)7-15-5-1-4-13/h2-3,6,15H,1,4-5,7,13H2,(H2,14,16). The van der Waals surface area contributed by atoms with Crippen LogP contribution in [-0.4, -0.2) is 19.0 Å². The van der Waals surface area contributed by atoms with Crippen LogP contribution >= 0.6 is 0 Å². The van der Waals surface area contributed by atoms with Gasteiger partial charge in [0.15, 0.2) is 0 Å². The van der Waals surface area contributed by atoms with Crippen molar-refractivity contribution in [3.8, 4) is 0 Å². The molecule has 0 unspecified atom stereocenters. The summed E-state index contributed by atoms with van der Waals surface area (Å²) in [6.07, 6.45) is 0.848. The van der Waals surface area contributed by atoms with Gasteiger partial charge in [-0.1, -0.05) is 6.07 Å². The third kappa shape index (κ3) is 3.60. The summed E-state index contributed by atoms with van der Waals surface area (Å²) < 4.78 is 13.4. The predicted molar refractivity (Wildman–Crippen MR) is 60.3 cm³/mol. The van der Waals surface area contributed by atoms with Crippen molar-refractivity contribution in [1.82, 2.24) is 5.32 Å². The third-order valence-corrected chi connectivity index (χ3v) is 2.21. The monoisotopic (exact) mass is 225 g/mol. The molecular formula is C11H16FN3O. The van der Waals surface area contributed by atoms with Crippen LogP contribution in [0.15, 0.2) is 18.2 Å². The normalized spacial score (nSPS) is 10.4. The van der Waals surface area contributed by atoms with E-state index in [0.29, 0.717) is 18.7 Å². The van der Waals surface area contributed by atoms with Crippen LogP contribution in [-0.2, 0) is 6.54 Å². The molecule has 1 rings (SSSR count). The molecule has 0 saturated heterocycles. The molecule has 0 heterocycles. The van der Waals surface area contributed by atoms with Gasteiger partial charge < -0.3 is 16.8 Å². The molecule has 0 aliphatic carbocycles. The molecule has 4 nitrogen and oxygen atoms in total. The molecule has 0 atom stereocenters. The van der Waals surface area contributed by atoms with Crippen molar-refractivity contribution in [3.63, 3.8) is 0 Å². The first-order valence-corrected chi connectivity index (χ1v) is 5.14.